The Kier molecular flexibility index (Phi) is 2.73. The number of halogens is 2. The molecule has 0 saturated heterocycles. The molecule has 0 aliphatic carbocycles. The third kappa shape index (κ3) is 1.78. The van der Waals surface area contributed by atoms with Crippen LogP contribution in [0.15, 0.2) is 17.4 Å². The molecule has 0 fully saturated rings. The summed E-state index contributed by atoms with van der Waals surface area (Å²) in [6.45, 7) is 0. The molecule has 0 atom stereocenters. The molecule has 0 spiro atoms. The zero-order valence-electron chi connectivity index (χ0n) is 5.96. The van der Waals surface area contributed by atoms with E-state index >= 15 is 0 Å². The normalized spacial score (nSPS) is 11.7. The molecule has 1 rings (SSSR count). The summed E-state index contributed by atoms with van der Waals surface area (Å²) in [7, 11) is 0. The first-order chi connectivity index (χ1) is 5.65. The van der Waals surface area contributed by atoms with E-state index in [-0.39, 0.29) is 5.84 Å². The molecule has 4 N–H and O–H groups in total. The van der Waals surface area contributed by atoms with Crippen LogP contribution in [0, 0.1) is 0 Å². The lowest BCUT2D eigenvalue weighted by Crippen LogP contribution is -2.17. The molecule has 0 unspecified atom stereocenters. The lowest BCUT2D eigenvalue weighted by atomic mass is 10.3. The monoisotopic (exact) mass is 204 g/mol. The Bertz CT molecular complexity index is 323. The second-order valence-corrected chi connectivity index (χ2v) is 2.84. The maximum atomic E-state index is 5.74. The van der Waals surface area contributed by atoms with E-state index in [1.807, 2.05) is 0 Å². The van der Waals surface area contributed by atoms with E-state index < -0.39 is 0 Å². The highest BCUT2D eigenvalue weighted by Gasteiger charge is 2.06. The van der Waals surface area contributed by atoms with Gasteiger partial charge >= 0.3 is 0 Å². The molecule has 1 aromatic heterocycles. The Labute approximate surface area is 79.2 Å². The van der Waals surface area contributed by atoms with Crippen LogP contribution in [0.1, 0.15) is 5.69 Å². The maximum Gasteiger partial charge on any atom is 0.170 e. The van der Waals surface area contributed by atoms with E-state index in [4.69, 9.17) is 34.8 Å². The Balaban J connectivity index is 3.18. The van der Waals surface area contributed by atoms with Crippen molar-refractivity contribution in [2.75, 3.05) is 0 Å². The highest BCUT2D eigenvalue weighted by atomic mass is 35.5. The molecule has 0 aromatic carbocycles. The van der Waals surface area contributed by atoms with Gasteiger partial charge < -0.3 is 11.6 Å². The third-order valence-electron chi connectivity index (χ3n) is 1.19. The molecule has 4 nitrogen and oxygen atoms in total. The van der Waals surface area contributed by atoms with Gasteiger partial charge in [0, 0.05) is 6.20 Å². The van der Waals surface area contributed by atoms with Gasteiger partial charge in [-0.15, -0.1) is 0 Å². The van der Waals surface area contributed by atoms with Crippen molar-refractivity contribution >= 4 is 29.0 Å². The molecule has 0 aliphatic rings. The molecule has 0 amide bonds. The average Bonchev–Trinajstić information content (AvgIpc) is 2.03. The molecule has 12 heavy (non-hydrogen) atoms. The predicted octanol–water partition coefficient (Wildman–Crippen LogP) is 0.967. The van der Waals surface area contributed by atoms with Crippen molar-refractivity contribution in [3.63, 3.8) is 0 Å². The SMILES string of the molecule is NN=C(N)c1ncc(Cl)cc1Cl. The van der Waals surface area contributed by atoms with Gasteiger partial charge in [0.2, 0.25) is 0 Å². The van der Waals surface area contributed by atoms with Gasteiger partial charge in [-0.05, 0) is 6.07 Å². The largest absolute Gasteiger partial charge is 0.380 e. The maximum absolute atomic E-state index is 5.74. The van der Waals surface area contributed by atoms with Gasteiger partial charge in [0.15, 0.2) is 5.84 Å². The van der Waals surface area contributed by atoms with E-state index in [1.54, 1.807) is 0 Å². The van der Waals surface area contributed by atoms with Crippen LogP contribution in [0.3, 0.4) is 0 Å². The molecule has 0 bridgehead atoms. The number of hydrogen-bond donors (Lipinski definition) is 2. The van der Waals surface area contributed by atoms with E-state index in [1.165, 1.54) is 12.3 Å². The summed E-state index contributed by atoms with van der Waals surface area (Å²) >= 11 is 11.3. The number of aromatic nitrogens is 1. The molecule has 6 heteroatoms. The first-order valence-corrected chi connectivity index (χ1v) is 3.75. The zero-order chi connectivity index (χ0) is 9.14. The van der Waals surface area contributed by atoms with Crippen LogP contribution in [0.25, 0.3) is 0 Å². The van der Waals surface area contributed by atoms with Gasteiger partial charge in [0.05, 0.1) is 10.0 Å². The lowest BCUT2D eigenvalue weighted by molar-refractivity contribution is 1.19. The van der Waals surface area contributed by atoms with Crippen LogP contribution < -0.4 is 11.6 Å². The fourth-order valence-electron chi connectivity index (χ4n) is 0.664. The minimum atomic E-state index is 0.0802. The van der Waals surface area contributed by atoms with Crippen LogP contribution >= 0.6 is 23.2 Å². The lowest BCUT2D eigenvalue weighted by Gasteiger charge is -2.00. The Morgan fingerprint density at radius 3 is 2.67 bits per heavy atom. The first-order valence-electron chi connectivity index (χ1n) is 3.00. The van der Waals surface area contributed by atoms with Crippen molar-refractivity contribution in [2.24, 2.45) is 16.7 Å². The number of rotatable bonds is 1. The van der Waals surface area contributed by atoms with E-state index in [9.17, 15) is 0 Å². The average molecular weight is 205 g/mol. The fraction of sp³-hybridized carbons (Fsp3) is 0. The molecular formula is C6H6Cl2N4. The van der Waals surface area contributed by atoms with E-state index in [0.29, 0.717) is 15.7 Å². The smallest absolute Gasteiger partial charge is 0.170 e. The number of nitrogens with two attached hydrogens (primary N) is 2. The fourth-order valence-corrected chi connectivity index (χ4v) is 1.14. The van der Waals surface area contributed by atoms with Crippen LogP contribution in [-0.4, -0.2) is 10.8 Å². The van der Waals surface area contributed by atoms with Crippen LogP contribution in [0.4, 0.5) is 0 Å². The van der Waals surface area contributed by atoms with Crippen LogP contribution in [0.2, 0.25) is 10.0 Å². The Morgan fingerprint density at radius 2 is 2.17 bits per heavy atom. The highest BCUT2D eigenvalue weighted by molar-refractivity contribution is 6.36. The van der Waals surface area contributed by atoms with Gasteiger partial charge in [-0.25, -0.2) is 4.98 Å². The summed E-state index contributed by atoms with van der Waals surface area (Å²) in [5.41, 5.74) is 5.72. The predicted molar refractivity (Wildman–Crippen MR) is 49.2 cm³/mol. The number of amidine groups is 1. The number of nitrogens with zero attached hydrogens (tertiary/aromatic N) is 2. The Morgan fingerprint density at radius 1 is 1.50 bits per heavy atom. The molecule has 1 heterocycles. The Hall–Kier alpha value is -1.000. The molecule has 1 aromatic rings. The van der Waals surface area contributed by atoms with Crippen molar-refractivity contribution < 1.29 is 0 Å². The highest BCUT2D eigenvalue weighted by Crippen LogP contribution is 2.17. The van der Waals surface area contributed by atoms with Gasteiger partial charge in [-0.1, -0.05) is 23.2 Å². The summed E-state index contributed by atoms with van der Waals surface area (Å²) in [4.78, 5) is 3.85. The minimum Gasteiger partial charge on any atom is -0.380 e. The van der Waals surface area contributed by atoms with Crippen molar-refractivity contribution in [1.82, 2.24) is 4.98 Å². The molecule has 0 aliphatic heterocycles. The summed E-state index contributed by atoms with van der Waals surface area (Å²) in [5.74, 6) is 5.02. The van der Waals surface area contributed by atoms with Crippen molar-refractivity contribution in [1.29, 1.82) is 0 Å². The van der Waals surface area contributed by atoms with Gasteiger partial charge in [0.25, 0.3) is 0 Å². The molecule has 64 valence electrons. The summed E-state index contributed by atoms with van der Waals surface area (Å²) in [6, 6.07) is 1.52. The van der Waals surface area contributed by atoms with Crippen molar-refractivity contribution in [2.45, 2.75) is 0 Å². The second-order valence-electron chi connectivity index (χ2n) is 2.00. The molecule has 0 saturated carbocycles. The summed E-state index contributed by atoms with van der Waals surface area (Å²) < 4.78 is 0. The van der Waals surface area contributed by atoms with Gasteiger partial charge in [-0.3, -0.25) is 0 Å². The van der Waals surface area contributed by atoms with Crippen molar-refractivity contribution in [3.8, 4) is 0 Å². The van der Waals surface area contributed by atoms with Gasteiger partial charge in [-0.2, -0.15) is 5.10 Å². The topological polar surface area (TPSA) is 77.3 Å². The van der Waals surface area contributed by atoms with E-state index in [0.717, 1.165) is 0 Å². The molecular weight excluding hydrogens is 199 g/mol. The van der Waals surface area contributed by atoms with Crippen molar-refractivity contribution in [3.05, 3.63) is 28.0 Å². The van der Waals surface area contributed by atoms with E-state index in [2.05, 4.69) is 10.1 Å². The van der Waals surface area contributed by atoms with Crippen LogP contribution in [0.5, 0.6) is 0 Å². The molecule has 0 radical (unpaired) electrons. The van der Waals surface area contributed by atoms with Gasteiger partial charge in [0.1, 0.15) is 5.69 Å². The summed E-state index contributed by atoms with van der Waals surface area (Å²) in [5, 5.41) is 4.02. The second kappa shape index (κ2) is 3.60. The first kappa shape index (κ1) is 9.09. The number of hydrazone groups is 1. The summed E-state index contributed by atoms with van der Waals surface area (Å²) in [6.07, 6.45) is 1.42. The minimum absolute atomic E-state index is 0.0802. The third-order valence-corrected chi connectivity index (χ3v) is 1.68. The number of hydrogen-bond acceptors (Lipinski definition) is 3. The zero-order valence-corrected chi connectivity index (χ0v) is 7.47. The quantitative estimate of drug-likeness (QED) is 0.310. The van der Waals surface area contributed by atoms with Crippen LogP contribution in [-0.2, 0) is 0 Å². The number of pyridine rings is 1. The standard InChI is InChI=1S/C6H6Cl2N4/c7-3-1-4(8)5(11-2-3)6(9)12-10/h1-2H,10H2,(H2,9,12).